The molecule has 1 N–H and O–H groups in total. The predicted molar refractivity (Wildman–Crippen MR) is 79.9 cm³/mol. The van der Waals surface area contributed by atoms with Crippen LogP contribution in [0, 0.1) is 11.6 Å². The number of carbonyl (C=O) groups is 1. The smallest absolute Gasteiger partial charge is 0.258 e. The van der Waals surface area contributed by atoms with Crippen LogP contribution in [-0.4, -0.2) is 12.5 Å². The molecule has 3 nitrogen and oxygen atoms in total. The van der Waals surface area contributed by atoms with Crippen LogP contribution in [0.1, 0.15) is 18.5 Å². The van der Waals surface area contributed by atoms with E-state index in [0.717, 1.165) is 11.6 Å². The molecule has 22 heavy (non-hydrogen) atoms. The third-order valence-electron chi connectivity index (χ3n) is 3.00. The molecule has 0 heterocycles. The van der Waals surface area contributed by atoms with Crippen molar-refractivity contribution in [2.75, 3.05) is 6.61 Å². The summed E-state index contributed by atoms with van der Waals surface area (Å²) < 4.78 is 31.0. The summed E-state index contributed by atoms with van der Waals surface area (Å²) in [6.45, 7) is 1.52. The Kier molecular flexibility index (Phi) is 5.33. The highest BCUT2D eigenvalue weighted by molar-refractivity contribution is 6.32. The molecule has 1 atom stereocenters. The quantitative estimate of drug-likeness (QED) is 0.906. The van der Waals surface area contributed by atoms with Gasteiger partial charge in [0.1, 0.15) is 17.4 Å². The molecule has 1 unspecified atom stereocenters. The summed E-state index contributed by atoms with van der Waals surface area (Å²) in [7, 11) is 0. The second-order valence-corrected chi connectivity index (χ2v) is 5.11. The summed E-state index contributed by atoms with van der Waals surface area (Å²) in [6, 6.07) is 9.21. The Morgan fingerprint density at radius 1 is 1.18 bits per heavy atom. The Labute approximate surface area is 131 Å². The van der Waals surface area contributed by atoms with E-state index in [1.54, 1.807) is 19.1 Å². The number of ether oxygens (including phenoxy) is 1. The second-order valence-electron chi connectivity index (χ2n) is 4.70. The van der Waals surface area contributed by atoms with Crippen LogP contribution in [0.2, 0.25) is 5.02 Å². The van der Waals surface area contributed by atoms with Gasteiger partial charge in [-0.25, -0.2) is 8.78 Å². The lowest BCUT2D eigenvalue weighted by molar-refractivity contribution is -0.123. The van der Waals surface area contributed by atoms with Crippen LogP contribution in [0.25, 0.3) is 0 Å². The maximum atomic E-state index is 12.9. The van der Waals surface area contributed by atoms with Crippen molar-refractivity contribution in [3.63, 3.8) is 0 Å². The molecule has 0 saturated carbocycles. The minimum atomic E-state index is -0.480. The molecule has 2 aromatic rings. The van der Waals surface area contributed by atoms with Crippen molar-refractivity contribution in [3.05, 3.63) is 64.7 Å². The molecule has 0 fully saturated rings. The molecule has 2 rings (SSSR count). The van der Waals surface area contributed by atoms with Gasteiger partial charge >= 0.3 is 0 Å². The van der Waals surface area contributed by atoms with Gasteiger partial charge in [0.25, 0.3) is 5.91 Å². The molecule has 0 radical (unpaired) electrons. The number of carbonyl (C=O) groups excluding carboxylic acids is 1. The maximum Gasteiger partial charge on any atom is 0.258 e. The summed E-state index contributed by atoms with van der Waals surface area (Å²) in [5, 5.41) is 2.81. The summed E-state index contributed by atoms with van der Waals surface area (Å²) in [5.74, 6) is -0.951. The van der Waals surface area contributed by atoms with Crippen molar-refractivity contribution in [1.29, 1.82) is 0 Å². The van der Waals surface area contributed by atoms with E-state index < -0.39 is 5.82 Å². The van der Waals surface area contributed by atoms with Gasteiger partial charge in [-0.1, -0.05) is 23.7 Å². The normalized spacial score (nSPS) is 11.8. The van der Waals surface area contributed by atoms with Gasteiger partial charge in [0, 0.05) is 0 Å². The molecule has 0 aliphatic carbocycles. The fourth-order valence-electron chi connectivity index (χ4n) is 1.85. The van der Waals surface area contributed by atoms with Gasteiger partial charge in [-0.05, 0) is 42.8 Å². The number of benzene rings is 2. The third kappa shape index (κ3) is 4.43. The molecule has 2 aromatic carbocycles. The Morgan fingerprint density at radius 2 is 1.82 bits per heavy atom. The van der Waals surface area contributed by atoms with E-state index in [1.165, 1.54) is 24.3 Å². The highest BCUT2D eigenvalue weighted by Gasteiger charge is 2.11. The van der Waals surface area contributed by atoms with E-state index >= 15 is 0 Å². The third-order valence-corrected chi connectivity index (χ3v) is 3.30. The first-order valence-corrected chi connectivity index (χ1v) is 6.96. The topological polar surface area (TPSA) is 38.3 Å². The number of nitrogens with one attached hydrogen (secondary N) is 1. The summed E-state index contributed by atoms with van der Waals surface area (Å²) in [4.78, 5) is 11.8. The zero-order valence-electron chi connectivity index (χ0n) is 11.8. The Hall–Kier alpha value is -2.14. The van der Waals surface area contributed by atoms with E-state index in [9.17, 15) is 13.6 Å². The molecule has 0 bridgehead atoms. The fourth-order valence-corrected chi connectivity index (χ4v) is 2.08. The van der Waals surface area contributed by atoms with Crippen LogP contribution in [0.15, 0.2) is 42.5 Å². The number of hydrogen-bond acceptors (Lipinski definition) is 2. The SMILES string of the molecule is CC(NC(=O)COc1ccc(F)cc1Cl)c1ccc(F)cc1. The van der Waals surface area contributed by atoms with Crippen LogP contribution in [0.3, 0.4) is 0 Å². The fraction of sp³-hybridized carbons (Fsp3) is 0.188. The van der Waals surface area contributed by atoms with Gasteiger partial charge in [-0.15, -0.1) is 0 Å². The van der Waals surface area contributed by atoms with Gasteiger partial charge in [0.05, 0.1) is 11.1 Å². The summed E-state index contributed by atoms with van der Waals surface area (Å²) >= 11 is 5.80. The summed E-state index contributed by atoms with van der Waals surface area (Å²) in [6.07, 6.45) is 0. The minimum Gasteiger partial charge on any atom is -0.482 e. The summed E-state index contributed by atoms with van der Waals surface area (Å²) in [5.41, 5.74) is 0.773. The number of rotatable bonds is 5. The first kappa shape index (κ1) is 16.2. The van der Waals surface area contributed by atoms with Crippen LogP contribution >= 0.6 is 11.6 Å². The largest absolute Gasteiger partial charge is 0.482 e. The van der Waals surface area contributed by atoms with Gasteiger partial charge in [-0.3, -0.25) is 4.79 Å². The van der Waals surface area contributed by atoms with E-state index in [-0.39, 0.29) is 35.1 Å². The van der Waals surface area contributed by atoms with E-state index in [4.69, 9.17) is 16.3 Å². The minimum absolute atomic E-state index is 0.0967. The monoisotopic (exact) mass is 325 g/mol. The van der Waals surface area contributed by atoms with Gasteiger partial charge in [0.2, 0.25) is 0 Å². The van der Waals surface area contributed by atoms with Gasteiger partial charge in [0.15, 0.2) is 6.61 Å². The van der Waals surface area contributed by atoms with Crippen molar-refractivity contribution in [3.8, 4) is 5.75 Å². The molecule has 0 aromatic heterocycles. The molecule has 0 aliphatic heterocycles. The van der Waals surface area contributed by atoms with Crippen LogP contribution in [0.5, 0.6) is 5.75 Å². The first-order chi connectivity index (χ1) is 10.5. The zero-order chi connectivity index (χ0) is 16.1. The van der Waals surface area contributed by atoms with Crippen LogP contribution in [0.4, 0.5) is 8.78 Å². The second kappa shape index (κ2) is 7.22. The van der Waals surface area contributed by atoms with E-state index in [1.807, 2.05) is 0 Å². The standard InChI is InChI=1S/C16H14ClF2NO2/c1-10(11-2-4-12(18)5-3-11)20-16(21)9-22-15-7-6-13(19)8-14(15)17/h2-8,10H,9H2,1H3,(H,20,21). The van der Waals surface area contributed by atoms with Crippen LogP contribution < -0.4 is 10.1 Å². The predicted octanol–water partition coefficient (Wildman–Crippen LogP) is 3.87. The molecule has 0 saturated heterocycles. The maximum absolute atomic E-state index is 12.9. The van der Waals surface area contributed by atoms with E-state index in [2.05, 4.69) is 5.32 Å². The molecule has 0 aliphatic rings. The number of hydrogen-bond donors (Lipinski definition) is 1. The van der Waals surface area contributed by atoms with Crippen molar-refractivity contribution in [2.24, 2.45) is 0 Å². The van der Waals surface area contributed by atoms with Gasteiger partial charge < -0.3 is 10.1 Å². The molecule has 6 heteroatoms. The molecule has 1 amide bonds. The Morgan fingerprint density at radius 3 is 2.45 bits per heavy atom. The average molecular weight is 326 g/mol. The van der Waals surface area contributed by atoms with Crippen molar-refractivity contribution < 1.29 is 18.3 Å². The van der Waals surface area contributed by atoms with Crippen molar-refractivity contribution >= 4 is 17.5 Å². The lowest BCUT2D eigenvalue weighted by Gasteiger charge is -2.15. The average Bonchev–Trinajstić information content (AvgIpc) is 2.47. The highest BCUT2D eigenvalue weighted by atomic mass is 35.5. The van der Waals surface area contributed by atoms with Crippen molar-refractivity contribution in [2.45, 2.75) is 13.0 Å². The van der Waals surface area contributed by atoms with Crippen molar-refractivity contribution in [1.82, 2.24) is 5.32 Å². The zero-order valence-corrected chi connectivity index (χ0v) is 12.5. The molecular formula is C16H14ClF2NO2. The lowest BCUT2D eigenvalue weighted by atomic mass is 10.1. The molecule has 116 valence electrons. The Bertz CT molecular complexity index is 662. The number of halogens is 3. The molecular weight excluding hydrogens is 312 g/mol. The number of amides is 1. The lowest BCUT2D eigenvalue weighted by Crippen LogP contribution is -2.31. The van der Waals surface area contributed by atoms with Gasteiger partial charge in [-0.2, -0.15) is 0 Å². The molecule has 0 spiro atoms. The van der Waals surface area contributed by atoms with E-state index in [0.29, 0.717) is 0 Å². The Balaban J connectivity index is 1.88. The van der Waals surface area contributed by atoms with Crippen LogP contribution in [-0.2, 0) is 4.79 Å². The first-order valence-electron chi connectivity index (χ1n) is 6.58. The highest BCUT2D eigenvalue weighted by Crippen LogP contribution is 2.24.